The molecule has 2 N–H and O–H groups in total. The third-order valence-electron chi connectivity index (χ3n) is 3.51. The minimum Gasteiger partial charge on any atom is -0.396 e. The van der Waals surface area contributed by atoms with Crippen molar-refractivity contribution >= 4 is 11.6 Å². The third-order valence-corrected chi connectivity index (χ3v) is 3.80. The lowest BCUT2D eigenvalue weighted by atomic mass is 10.0. The summed E-state index contributed by atoms with van der Waals surface area (Å²) in [6.07, 6.45) is 0.614. The quantitative estimate of drug-likeness (QED) is 0.836. The molecule has 0 aliphatic heterocycles. The molecule has 2 aromatic carbocycles. The van der Waals surface area contributed by atoms with Crippen molar-refractivity contribution in [1.29, 1.82) is 0 Å². The van der Waals surface area contributed by atoms with E-state index in [1.165, 1.54) is 6.07 Å². The SMILES string of the molecule is CC(N[C@H](CCO)c1ccccc1)c1ccc(F)c(Cl)c1. The fourth-order valence-corrected chi connectivity index (χ4v) is 2.53. The number of aliphatic hydroxyl groups excluding tert-OH is 1. The van der Waals surface area contributed by atoms with Gasteiger partial charge in [0.2, 0.25) is 0 Å². The van der Waals surface area contributed by atoms with Crippen LogP contribution in [-0.2, 0) is 0 Å². The van der Waals surface area contributed by atoms with Crippen LogP contribution in [-0.4, -0.2) is 11.7 Å². The van der Waals surface area contributed by atoms with Crippen LogP contribution in [0.4, 0.5) is 4.39 Å². The van der Waals surface area contributed by atoms with Crippen LogP contribution in [0.1, 0.15) is 36.6 Å². The molecule has 2 rings (SSSR count). The summed E-state index contributed by atoms with van der Waals surface area (Å²) in [4.78, 5) is 0. The first kappa shape index (κ1) is 16.0. The van der Waals surface area contributed by atoms with Crippen LogP contribution in [0.25, 0.3) is 0 Å². The van der Waals surface area contributed by atoms with E-state index in [0.717, 1.165) is 11.1 Å². The first-order valence-electron chi connectivity index (χ1n) is 6.98. The fourth-order valence-electron chi connectivity index (χ4n) is 2.34. The molecule has 2 nitrogen and oxygen atoms in total. The summed E-state index contributed by atoms with van der Waals surface area (Å²) in [5.41, 5.74) is 2.03. The molecule has 0 saturated carbocycles. The highest BCUT2D eigenvalue weighted by Crippen LogP contribution is 2.25. The zero-order chi connectivity index (χ0) is 15.2. The predicted octanol–water partition coefficient (Wildman–Crippen LogP) is 4.25. The van der Waals surface area contributed by atoms with Crippen molar-refractivity contribution in [2.45, 2.75) is 25.4 Å². The van der Waals surface area contributed by atoms with E-state index in [0.29, 0.717) is 6.42 Å². The summed E-state index contributed by atoms with van der Waals surface area (Å²) in [5.74, 6) is -0.414. The average molecular weight is 308 g/mol. The lowest BCUT2D eigenvalue weighted by Crippen LogP contribution is -2.25. The molecule has 2 aromatic rings. The molecule has 0 bridgehead atoms. The van der Waals surface area contributed by atoms with E-state index in [9.17, 15) is 9.50 Å². The van der Waals surface area contributed by atoms with Crippen LogP contribution in [0.3, 0.4) is 0 Å². The first-order valence-corrected chi connectivity index (χ1v) is 7.36. The van der Waals surface area contributed by atoms with Crippen molar-refractivity contribution in [3.63, 3.8) is 0 Å². The molecule has 0 amide bonds. The van der Waals surface area contributed by atoms with Gasteiger partial charge in [-0.3, -0.25) is 0 Å². The van der Waals surface area contributed by atoms with Gasteiger partial charge in [-0.1, -0.05) is 48.0 Å². The molecule has 0 aromatic heterocycles. The first-order chi connectivity index (χ1) is 10.1. The van der Waals surface area contributed by atoms with E-state index in [2.05, 4.69) is 5.32 Å². The standard InChI is InChI=1S/C17H19ClFNO/c1-12(14-7-8-16(19)15(18)11-14)20-17(9-10-21)13-5-3-2-4-6-13/h2-8,11-12,17,20-21H,9-10H2,1H3/t12?,17-/m1/s1. The molecular weight excluding hydrogens is 289 g/mol. The number of halogens is 2. The second-order valence-corrected chi connectivity index (χ2v) is 5.44. The van der Waals surface area contributed by atoms with Gasteiger partial charge in [0, 0.05) is 18.7 Å². The molecule has 21 heavy (non-hydrogen) atoms. The lowest BCUT2D eigenvalue weighted by molar-refractivity contribution is 0.260. The highest BCUT2D eigenvalue weighted by atomic mass is 35.5. The van der Waals surface area contributed by atoms with Gasteiger partial charge in [-0.05, 0) is 36.6 Å². The van der Waals surface area contributed by atoms with E-state index in [1.54, 1.807) is 12.1 Å². The van der Waals surface area contributed by atoms with E-state index in [-0.39, 0.29) is 23.7 Å². The zero-order valence-electron chi connectivity index (χ0n) is 11.9. The van der Waals surface area contributed by atoms with Gasteiger partial charge in [-0.25, -0.2) is 4.39 Å². The Labute approximate surface area is 129 Å². The van der Waals surface area contributed by atoms with Crippen LogP contribution in [0.15, 0.2) is 48.5 Å². The summed E-state index contributed by atoms with van der Waals surface area (Å²) in [6.45, 7) is 2.10. The lowest BCUT2D eigenvalue weighted by Gasteiger charge is -2.24. The van der Waals surface area contributed by atoms with Crippen LogP contribution >= 0.6 is 11.6 Å². The highest BCUT2D eigenvalue weighted by molar-refractivity contribution is 6.30. The van der Waals surface area contributed by atoms with Crippen molar-refractivity contribution in [1.82, 2.24) is 5.32 Å². The second kappa shape index (κ2) is 7.55. The predicted molar refractivity (Wildman–Crippen MR) is 83.8 cm³/mol. The van der Waals surface area contributed by atoms with Crippen molar-refractivity contribution in [2.24, 2.45) is 0 Å². The van der Waals surface area contributed by atoms with E-state index in [4.69, 9.17) is 11.6 Å². The summed E-state index contributed by atoms with van der Waals surface area (Å²) in [6, 6.07) is 14.7. The summed E-state index contributed by atoms with van der Waals surface area (Å²) in [5, 5.41) is 12.8. The Balaban J connectivity index is 2.14. The van der Waals surface area contributed by atoms with Gasteiger partial charge in [0.15, 0.2) is 0 Å². The summed E-state index contributed by atoms with van der Waals surface area (Å²) >= 11 is 5.83. The van der Waals surface area contributed by atoms with Crippen LogP contribution in [0.5, 0.6) is 0 Å². The fraction of sp³-hybridized carbons (Fsp3) is 0.294. The summed E-state index contributed by atoms with van der Waals surface area (Å²) < 4.78 is 13.2. The molecule has 0 heterocycles. The number of aliphatic hydroxyl groups is 1. The molecular formula is C17H19ClFNO. The average Bonchev–Trinajstić information content (AvgIpc) is 2.50. The topological polar surface area (TPSA) is 32.3 Å². The van der Waals surface area contributed by atoms with Gasteiger partial charge >= 0.3 is 0 Å². The van der Waals surface area contributed by atoms with Gasteiger partial charge in [0.1, 0.15) is 5.82 Å². The van der Waals surface area contributed by atoms with Crippen molar-refractivity contribution in [3.8, 4) is 0 Å². The maximum Gasteiger partial charge on any atom is 0.141 e. The number of nitrogens with one attached hydrogen (secondary N) is 1. The molecule has 112 valence electrons. The Morgan fingerprint density at radius 2 is 1.86 bits per heavy atom. The van der Waals surface area contributed by atoms with E-state index >= 15 is 0 Å². The van der Waals surface area contributed by atoms with Gasteiger partial charge in [0.05, 0.1) is 5.02 Å². The van der Waals surface area contributed by atoms with Gasteiger partial charge in [-0.2, -0.15) is 0 Å². The van der Waals surface area contributed by atoms with Gasteiger partial charge in [0.25, 0.3) is 0 Å². The normalized spacial score (nSPS) is 13.9. The molecule has 0 spiro atoms. The van der Waals surface area contributed by atoms with Gasteiger partial charge in [-0.15, -0.1) is 0 Å². The van der Waals surface area contributed by atoms with Crippen molar-refractivity contribution < 1.29 is 9.50 Å². The van der Waals surface area contributed by atoms with E-state index in [1.807, 2.05) is 37.3 Å². The second-order valence-electron chi connectivity index (χ2n) is 5.04. The molecule has 2 atom stereocenters. The molecule has 0 saturated heterocycles. The van der Waals surface area contributed by atoms with Crippen LogP contribution in [0, 0.1) is 5.82 Å². The highest BCUT2D eigenvalue weighted by Gasteiger charge is 2.15. The Kier molecular flexibility index (Phi) is 5.74. The number of benzene rings is 2. The van der Waals surface area contributed by atoms with E-state index < -0.39 is 5.82 Å². The van der Waals surface area contributed by atoms with Gasteiger partial charge < -0.3 is 10.4 Å². The Morgan fingerprint density at radius 1 is 1.14 bits per heavy atom. The molecule has 0 fully saturated rings. The monoisotopic (exact) mass is 307 g/mol. The number of hydrogen-bond acceptors (Lipinski definition) is 2. The number of hydrogen-bond donors (Lipinski definition) is 2. The molecule has 0 aliphatic carbocycles. The summed E-state index contributed by atoms with van der Waals surface area (Å²) in [7, 11) is 0. The minimum atomic E-state index is -0.414. The molecule has 0 radical (unpaired) electrons. The van der Waals surface area contributed by atoms with Crippen LogP contribution < -0.4 is 5.32 Å². The maximum atomic E-state index is 13.2. The smallest absolute Gasteiger partial charge is 0.141 e. The van der Waals surface area contributed by atoms with Crippen LogP contribution in [0.2, 0.25) is 5.02 Å². The third kappa shape index (κ3) is 4.27. The molecule has 0 aliphatic rings. The Hall–Kier alpha value is -1.42. The molecule has 4 heteroatoms. The molecule has 1 unspecified atom stereocenters. The zero-order valence-corrected chi connectivity index (χ0v) is 12.6. The maximum absolute atomic E-state index is 13.2. The van der Waals surface area contributed by atoms with Crippen molar-refractivity contribution in [3.05, 3.63) is 70.5 Å². The largest absolute Gasteiger partial charge is 0.396 e. The Bertz CT molecular complexity index is 576. The number of rotatable bonds is 6. The minimum absolute atomic E-state index is 0.000133. The Morgan fingerprint density at radius 3 is 2.48 bits per heavy atom. The van der Waals surface area contributed by atoms with Crippen molar-refractivity contribution in [2.75, 3.05) is 6.61 Å².